The van der Waals surface area contributed by atoms with Gasteiger partial charge < -0.3 is 14.6 Å². The van der Waals surface area contributed by atoms with E-state index >= 15 is 0 Å². The van der Waals surface area contributed by atoms with Crippen molar-refractivity contribution in [2.24, 2.45) is 5.92 Å². The number of methoxy groups -OCH3 is 2. The van der Waals surface area contributed by atoms with Gasteiger partial charge in [0.15, 0.2) is 11.5 Å². The zero-order valence-corrected chi connectivity index (χ0v) is 12.6. The molecular weight excluding hydrogens is 264 g/mol. The summed E-state index contributed by atoms with van der Waals surface area (Å²) in [6.45, 7) is 2.24. The minimum absolute atomic E-state index is 0.0915. The van der Waals surface area contributed by atoms with Gasteiger partial charge in [0.05, 0.1) is 14.2 Å². The van der Waals surface area contributed by atoms with Gasteiger partial charge in [0.1, 0.15) is 0 Å². The Morgan fingerprint density at radius 2 is 1.81 bits per heavy atom. The van der Waals surface area contributed by atoms with Crippen LogP contribution in [-0.4, -0.2) is 19.3 Å². The molecule has 1 aliphatic rings. The van der Waals surface area contributed by atoms with Crippen LogP contribution in [0.4, 0.5) is 0 Å². The van der Waals surface area contributed by atoms with Gasteiger partial charge in [-0.2, -0.15) is 0 Å². The van der Waals surface area contributed by atoms with Crippen LogP contribution in [0, 0.1) is 5.92 Å². The zero-order valence-electron chi connectivity index (χ0n) is 12.6. The summed E-state index contributed by atoms with van der Waals surface area (Å²) in [5.74, 6) is 1.82. The van der Waals surface area contributed by atoms with Crippen molar-refractivity contribution in [1.82, 2.24) is 0 Å². The molecule has 0 amide bonds. The third kappa shape index (κ3) is 2.13. The van der Waals surface area contributed by atoms with Crippen LogP contribution in [0.15, 0.2) is 36.4 Å². The predicted octanol–water partition coefficient (Wildman–Crippen LogP) is 3.73. The Labute approximate surface area is 125 Å². The Morgan fingerprint density at radius 3 is 2.43 bits per heavy atom. The molecule has 3 rings (SSSR count). The number of benzene rings is 2. The van der Waals surface area contributed by atoms with E-state index in [9.17, 15) is 5.11 Å². The average Bonchev–Trinajstić information content (AvgIpc) is 2.83. The van der Waals surface area contributed by atoms with Gasteiger partial charge >= 0.3 is 0 Å². The van der Waals surface area contributed by atoms with Crippen LogP contribution < -0.4 is 9.47 Å². The fraction of sp³-hybridized carbons (Fsp3) is 0.333. The monoisotopic (exact) mass is 284 g/mol. The Hall–Kier alpha value is -2.16. The number of aromatic hydroxyl groups is 1. The van der Waals surface area contributed by atoms with E-state index in [2.05, 4.69) is 31.2 Å². The quantitative estimate of drug-likeness (QED) is 0.933. The number of hydrogen-bond donors (Lipinski definition) is 1. The van der Waals surface area contributed by atoms with Crippen LogP contribution in [0.3, 0.4) is 0 Å². The second kappa shape index (κ2) is 5.32. The molecule has 2 aromatic rings. The molecule has 0 saturated carbocycles. The molecule has 0 bridgehead atoms. The normalized spacial score (nSPS) is 20.1. The molecular formula is C18H20O3. The Kier molecular flexibility index (Phi) is 3.50. The number of phenolic OH excluding ortho intramolecular Hbond substituents is 1. The fourth-order valence-electron chi connectivity index (χ4n) is 3.47. The van der Waals surface area contributed by atoms with E-state index in [4.69, 9.17) is 9.47 Å². The minimum Gasteiger partial charge on any atom is -0.502 e. The van der Waals surface area contributed by atoms with Crippen molar-refractivity contribution in [3.8, 4) is 17.2 Å². The highest BCUT2D eigenvalue weighted by molar-refractivity contribution is 5.63. The van der Waals surface area contributed by atoms with E-state index in [1.165, 1.54) is 11.1 Å². The summed E-state index contributed by atoms with van der Waals surface area (Å²) in [6, 6.07) is 12.3. The third-order valence-electron chi connectivity index (χ3n) is 4.35. The molecule has 2 atom stereocenters. The lowest BCUT2D eigenvalue weighted by atomic mass is 9.86. The molecule has 0 fully saturated rings. The van der Waals surface area contributed by atoms with Crippen molar-refractivity contribution in [2.75, 3.05) is 14.2 Å². The van der Waals surface area contributed by atoms with E-state index in [1.807, 2.05) is 12.1 Å². The van der Waals surface area contributed by atoms with Gasteiger partial charge in [-0.15, -0.1) is 0 Å². The fourth-order valence-corrected chi connectivity index (χ4v) is 3.47. The summed E-state index contributed by atoms with van der Waals surface area (Å²) >= 11 is 0. The maximum Gasteiger partial charge on any atom is 0.201 e. The molecule has 1 aliphatic carbocycles. The van der Waals surface area contributed by atoms with Crippen LogP contribution >= 0.6 is 0 Å². The van der Waals surface area contributed by atoms with Crippen molar-refractivity contribution in [3.63, 3.8) is 0 Å². The van der Waals surface area contributed by atoms with Crippen LogP contribution in [0.5, 0.6) is 17.2 Å². The molecule has 110 valence electrons. The van der Waals surface area contributed by atoms with E-state index < -0.39 is 0 Å². The smallest absolute Gasteiger partial charge is 0.201 e. The van der Waals surface area contributed by atoms with Gasteiger partial charge in [0, 0.05) is 11.5 Å². The summed E-state index contributed by atoms with van der Waals surface area (Å²) in [4.78, 5) is 0. The lowest BCUT2D eigenvalue weighted by Gasteiger charge is -2.20. The second-order valence-electron chi connectivity index (χ2n) is 5.60. The van der Waals surface area contributed by atoms with Gasteiger partial charge in [-0.05, 0) is 29.5 Å². The molecule has 3 nitrogen and oxygen atoms in total. The van der Waals surface area contributed by atoms with Gasteiger partial charge in [0.2, 0.25) is 5.75 Å². The molecule has 0 aromatic heterocycles. The number of fused-ring (bicyclic) bond motifs is 1. The first-order chi connectivity index (χ1) is 10.2. The molecule has 0 heterocycles. The molecule has 0 saturated heterocycles. The molecule has 21 heavy (non-hydrogen) atoms. The highest BCUT2D eigenvalue weighted by atomic mass is 16.5. The van der Waals surface area contributed by atoms with Crippen molar-refractivity contribution in [2.45, 2.75) is 19.3 Å². The number of ether oxygens (including phenoxy) is 2. The highest BCUT2D eigenvalue weighted by Crippen LogP contribution is 2.52. The molecule has 0 radical (unpaired) electrons. The van der Waals surface area contributed by atoms with Gasteiger partial charge in [-0.1, -0.05) is 37.3 Å². The molecule has 0 aliphatic heterocycles. The lowest BCUT2D eigenvalue weighted by Crippen LogP contribution is -2.06. The van der Waals surface area contributed by atoms with E-state index in [1.54, 1.807) is 14.2 Å². The lowest BCUT2D eigenvalue weighted by molar-refractivity contribution is 0.336. The first-order valence-corrected chi connectivity index (χ1v) is 7.19. The third-order valence-corrected chi connectivity index (χ3v) is 4.35. The summed E-state index contributed by atoms with van der Waals surface area (Å²) in [5.41, 5.74) is 3.55. The SMILES string of the molecule is COc1cc2c(c(OC)c1O)[C@@H](c1ccccc1)[C@@H](C)C2. The summed E-state index contributed by atoms with van der Waals surface area (Å²) in [7, 11) is 3.16. The van der Waals surface area contributed by atoms with Crippen LogP contribution in [0.2, 0.25) is 0 Å². The van der Waals surface area contributed by atoms with E-state index in [-0.39, 0.29) is 11.7 Å². The number of phenols is 1. The largest absolute Gasteiger partial charge is 0.502 e. The molecule has 0 unspecified atom stereocenters. The number of hydrogen-bond acceptors (Lipinski definition) is 3. The Bertz CT molecular complexity index is 649. The minimum atomic E-state index is 0.0915. The molecule has 0 spiro atoms. The Balaban J connectivity index is 2.20. The Morgan fingerprint density at radius 1 is 1.10 bits per heavy atom. The molecule has 1 N–H and O–H groups in total. The van der Waals surface area contributed by atoms with Gasteiger partial charge in [-0.3, -0.25) is 0 Å². The molecule has 2 aromatic carbocycles. The first-order valence-electron chi connectivity index (χ1n) is 7.19. The van der Waals surface area contributed by atoms with Crippen molar-refractivity contribution in [3.05, 3.63) is 53.1 Å². The summed E-state index contributed by atoms with van der Waals surface area (Å²) in [6.07, 6.45) is 0.960. The van der Waals surface area contributed by atoms with E-state index in [0.717, 1.165) is 12.0 Å². The van der Waals surface area contributed by atoms with Gasteiger partial charge in [0.25, 0.3) is 0 Å². The molecule has 3 heteroatoms. The predicted molar refractivity (Wildman–Crippen MR) is 82.4 cm³/mol. The standard InChI is InChI=1S/C18H20O3/c1-11-9-13-10-14(20-2)17(19)18(21-3)16(13)15(11)12-7-5-4-6-8-12/h4-8,10-11,15,19H,9H2,1-3H3/t11-,15+/m0/s1. The number of rotatable bonds is 3. The topological polar surface area (TPSA) is 38.7 Å². The van der Waals surface area contributed by atoms with Crippen molar-refractivity contribution in [1.29, 1.82) is 0 Å². The average molecular weight is 284 g/mol. The van der Waals surface area contributed by atoms with E-state index in [0.29, 0.717) is 17.4 Å². The second-order valence-corrected chi connectivity index (χ2v) is 5.60. The van der Waals surface area contributed by atoms with Crippen molar-refractivity contribution < 1.29 is 14.6 Å². The summed E-state index contributed by atoms with van der Waals surface area (Å²) in [5, 5.41) is 10.4. The summed E-state index contributed by atoms with van der Waals surface area (Å²) < 4.78 is 10.8. The van der Waals surface area contributed by atoms with Crippen LogP contribution in [0.25, 0.3) is 0 Å². The highest BCUT2D eigenvalue weighted by Gasteiger charge is 2.36. The zero-order chi connectivity index (χ0) is 15.0. The van der Waals surface area contributed by atoms with Crippen LogP contribution in [-0.2, 0) is 6.42 Å². The first kappa shape index (κ1) is 13.8. The van der Waals surface area contributed by atoms with Crippen molar-refractivity contribution >= 4 is 0 Å². The van der Waals surface area contributed by atoms with Gasteiger partial charge in [-0.25, -0.2) is 0 Å². The maximum absolute atomic E-state index is 10.4. The maximum atomic E-state index is 10.4. The van der Waals surface area contributed by atoms with Crippen LogP contribution in [0.1, 0.15) is 29.5 Å².